The highest BCUT2D eigenvalue weighted by Gasteiger charge is 2.31. The molecule has 1 amide bonds. The molecule has 0 aromatic rings. The minimum atomic E-state index is 0.0419. The second-order valence-electron chi connectivity index (χ2n) is 7.31. The van der Waals surface area contributed by atoms with Gasteiger partial charge >= 0.3 is 0 Å². The summed E-state index contributed by atoms with van der Waals surface area (Å²) in [6.07, 6.45) is 1.94. The van der Waals surface area contributed by atoms with Crippen LogP contribution >= 0.6 is 0 Å². The van der Waals surface area contributed by atoms with Crippen LogP contribution in [-0.2, 0) is 9.53 Å². The number of nitrogens with one attached hydrogen (secondary N) is 1. The van der Waals surface area contributed by atoms with Gasteiger partial charge in [-0.15, -0.1) is 0 Å². The van der Waals surface area contributed by atoms with E-state index in [4.69, 9.17) is 4.74 Å². The third kappa shape index (κ3) is 6.13. The predicted molar refractivity (Wildman–Crippen MR) is 108 cm³/mol. The number of carbonyl (C=O) groups excluding carboxylic acids is 1. The van der Waals surface area contributed by atoms with Gasteiger partial charge in [0.25, 0.3) is 0 Å². The van der Waals surface area contributed by atoms with Gasteiger partial charge in [0.05, 0.1) is 12.1 Å². The molecular weight excluding hydrogens is 330 g/mol. The Kier molecular flexibility index (Phi) is 9.94. The van der Waals surface area contributed by atoms with Crippen molar-refractivity contribution >= 4 is 11.9 Å². The number of carbonyl (C=O) groups is 1. The lowest BCUT2D eigenvalue weighted by molar-refractivity contribution is -0.135. The lowest BCUT2D eigenvalue weighted by atomic mass is 9.91. The van der Waals surface area contributed by atoms with Crippen LogP contribution in [0.4, 0.5) is 0 Å². The van der Waals surface area contributed by atoms with Crippen LogP contribution in [0.2, 0.25) is 0 Å². The van der Waals surface area contributed by atoms with Crippen LogP contribution < -0.4 is 5.32 Å². The molecule has 7 nitrogen and oxygen atoms in total. The maximum Gasteiger partial charge on any atom is 0.244 e. The van der Waals surface area contributed by atoms with Gasteiger partial charge in [-0.25, -0.2) is 4.99 Å². The fourth-order valence-electron chi connectivity index (χ4n) is 3.59. The fraction of sp³-hybridized carbons (Fsp3) is 0.895. The Morgan fingerprint density at radius 1 is 1.19 bits per heavy atom. The Hall–Kier alpha value is -1.34. The smallest absolute Gasteiger partial charge is 0.244 e. The fourth-order valence-corrected chi connectivity index (χ4v) is 3.59. The molecule has 0 bridgehead atoms. The highest BCUT2D eigenvalue weighted by Crippen LogP contribution is 2.21. The van der Waals surface area contributed by atoms with Crippen molar-refractivity contribution in [2.24, 2.45) is 10.9 Å². The van der Waals surface area contributed by atoms with E-state index in [0.29, 0.717) is 5.92 Å². The molecule has 1 fully saturated rings. The van der Waals surface area contributed by atoms with Gasteiger partial charge in [-0.1, -0.05) is 27.2 Å². The van der Waals surface area contributed by atoms with E-state index in [9.17, 15) is 4.79 Å². The SMILES string of the molecule is CCC(C)C(C(CC)OC)N(C)C(=O)CN=C(N(C)C)N1CCNCC1. The topological polar surface area (TPSA) is 60.4 Å². The maximum atomic E-state index is 12.9. The van der Waals surface area contributed by atoms with E-state index in [1.165, 1.54) is 0 Å². The molecule has 0 spiro atoms. The van der Waals surface area contributed by atoms with Gasteiger partial charge in [0, 0.05) is 54.4 Å². The van der Waals surface area contributed by atoms with Crippen LogP contribution in [0, 0.1) is 5.92 Å². The molecule has 0 saturated carbocycles. The number of amides is 1. The van der Waals surface area contributed by atoms with E-state index >= 15 is 0 Å². The molecule has 3 atom stereocenters. The van der Waals surface area contributed by atoms with Crippen LogP contribution in [-0.4, -0.2) is 99.7 Å². The average molecular weight is 370 g/mol. The average Bonchev–Trinajstić information content (AvgIpc) is 2.65. The summed E-state index contributed by atoms with van der Waals surface area (Å²) in [5, 5.41) is 3.35. The summed E-state index contributed by atoms with van der Waals surface area (Å²) in [4.78, 5) is 23.6. The van der Waals surface area contributed by atoms with Crippen molar-refractivity contribution in [3.05, 3.63) is 0 Å². The minimum Gasteiger partial charge on any atom is -0.379 e. The number of rotatable bonds is 8. The Morgan fingerprint density at radius 2 is 1.81 bits per heavy atom. The summed E-state index contributed by atoms with van der Waals surface area (Å²) in [6, 6.07) is 0.0692. The van der Waals surface area contributed by atoms with Gasteiger partial charge in [-0.2, -0.15) is 0 Å². The zero-order valence-electron chi connectivity index (χ0n) is 17.8. The molecule has 0 aromatic carbocycles. The standard InChI is InChI=1S/C19H39N5O2/c1-8-15(3)18(16(9-2)26-7)23(6)17(25)14-21-19(22(4)5)24-12-10-20-11-13-24/h15-16,18,20H,8-14H2,1-7H3. The highest BCUT2D eigenvalue weighted by atomic mass is 16.5. The molecule has 7 heteroatoms. The second-order valence-corrected chi connectivity index (χ2v) is 7.31. The molecule has 1 aliphatic rings. The Morgan fingerprint density at radius 3 is 2.27 bits per heavy atom. The summed E-state index contributed by atoms with van der Waals surface area (Å²) in [6.45, 7) is 10.3. The van der Waals surface area contributed by atoms with Gasteiger partial charge in [0.1, 0.15) is 6.54 Å². The maximum absolute atomic E-state index is 12.9. The van der Waals surface area contributed by atoms with Gasteiger partial charge in [0.2, 0.25) is 5.91 Å². The lowest BCUT2D eigenvalue weighted by Gasteiger charge is -2.37. The van der Waals surface area contributed by atoms with Crippen molar-refractivity contribution in [1.82, 2.24) is 20.0 Å². The molecule has 3 unspecified atom stereocenters. The number of nitrogens with zero attached hydrogens (tertiary/aromatic N) is 4. The van der Waals surface area contributed by atoms with Crippen LogP contribution in [0.25, 0.3) is 0 Å². The number of likely N-dealkylation sites (N-methyl/N-ethyl adjacent to an activating group) is 1. The Balaban J connectivity index is 2.86. The van der Waals surface area contributed by atoms with Crippen LogP contribution in [0.15, 0.2) is 4.99 Å². The predicted octanol–water partition coefficient (Wildman–Crippen LogP) is 1.11. The zero-order chi connectivity index (χ0) is 19.7. The number of hydrogen-bond donors (Lipinski definition) is 1. The number of hydrogen-bond acceptors (Lipinski definition) is 4. The van der Waals surface area contributed by atoms with E-state index in [2.05, 4.69) is 36.0 Å². The number of aliphatic imine (C=N–C) groups is 1. The molecule has 26 heavy (non-hydrogen) atoms. The first kappa shape index (κ1) is 22.7. The van der Waals surface area contributed by atoms with E-state index in [0.717, 1.165) is 45.0 Å². The molecule has 1 rings (SSSR count). The van der Waals surface area contributed by atoms with E-state index < -0.39 is 0 Å². The monoisotopic (exact) mass is 369 g/mol. The second kappa shape index (κ2) is 11.4. The Labute approximate surface area is 159 Å². The molecule has 0 aromatic heterocycles. The molecule has 1 N–H and O–H groups in total. The van der Waals surface area contributed by atoms with Crippen LogP contribution in [0.3, 0.4) is 0 Å². The summed E-state index contributed by atoms with van der Waals surface area (Å²) in [5.41, 5.74) is 0. The van der Waals surface area contributed by atoms with Gasteiger partial charge in [0.15, 0.2) is 5.96 Å². The molecule has 1 heterocycles. The molecule has 152 valence electrons. The van der Waals surface area contributed by atoms with Crippen molar-refractivity contribution in [2.45, 2.75) is 45.8 Å². The van der Waals surface area contributed by atoms with Crippen molar-refractivity contribution < 1.29 is 9.53 Å². The van der Waals surface area contributed by atoms with Gasteiger partial charge in [-0.05, 0) is 12.3 Å². The largest absolute Gasteiger partial charge is 0.379 e. The highest BCUT2D eigenvalue weighted by molar-refractivity contribution is 5.85. The van der Waals surface area contributed by atoms with Gasteiger partial charge in [-0.3, -0.25) is 4.79 Å². The third-order valence-corrected chi connectivity index (χ3v) is 5.31. The normalized spacial score (nSPS) is 19.0. The Bertz CT molecular complexity index is 445. The van der Waals surface area contributed by atoms with Gasteiger partial charge < -0.3 is 24.8 Å². The quantitative estimate of drug-likeness (QED) is 0.513. The van der Waals surface area contributed by atoms with Crippen molar-refractivity contribution in [2.75, 3.05) is 61.0 Å². The van der Waals surface area contributed by atoms with Crippen LogP contribution in [0.5, 0.6) is 0 Å². The summed E-state index contributed by atoms with van der Waals surface area (Å²) >= 11 is 0. The van der Waals surface area contributed by atoms with Crippen molar-refractivity contribution in [3.8, 4) is 0 Å². The van der Waals surface area contributed by atoms with Crippen LogP contribution in [0.1, 0.15) is 33.6 Å². The molecule has 1 aliphatic heterocycles. The molecular formula is C19H39N5O2. The number of guanidine groups is 1. The molecule has 0 radical (unpaired) electrons. The van der Waals surface area contributed by atoms with Crippen molar-refractivity contribution in [3.63, 3.8) is 0 Å². The first-order valence-electron chi connectivity index (χ1n) is 9.83. The van der Waals surface area contributed by atoms with E-state index in [-0.39, 0.29) is 24.6 Å². The van der Waals surface area contributed by atoms with Crippen molar-refractivity contribution in [1.29, 1.82) is 0 Å². The number of methoxy groups -OCH3 is 1. The zero-order valence-corrected chi connectivity index (χ0v) is 17.8. The summed E-state index contributed by atoms with van der Waals surface area (Å²) in [7, 11) is 7.58. The summed E-state index contributed by atoms with van der Waals surface area (Å²) < 4.78 is 5.66. The molecule has 0 aliphatic carbocycles. The third-order valence-electron chi connectivity index (χ3n) is 5.31. The van der Waals surface area contributed by atoms with E-state index in [1.54, 1.807) is 7.11 Å². The lowest BCUT2D eigenvalue weighted by Crippen LogP contribution is -2.52. The number of piperazine rings is 1. The minimum absolute atomic E-state index is 0.0419. The molecule has 1 saturated heterocycles. The first-order valence-corrected chi connectivity index (χ1v) is 9.83. The first-order chi connectivity index (χ1) is 12.4. The number of ether oxygens (including phenoxy) is 1. The summed E-state index contributed by atoms with van der Waals surface area (Å²) in [5.74, 6) is 1.30. The van der Waals surface area contributed by atoms with E-state index in [1.807, 2.05) is 30.9 Å².